The molecule has 1 saturated carbocycles. The van der Waals surface area contributed by atoms with Crippen LogP contribution < -0.4 is 5.32 Å². The molecule has 9 heteroatoms. The van der Waals surface area contributed by atoms with E-state index in [1.165, 1.54) is 0 Å². The molecule has 2 atom stereocenters. The summed E-state index contributed by atoms with van der Waals surface area (Å²) in [4.78, 5) is 24.0. The van der Waals surface area contributed by atoms with Crippen molar-refractivity contribution in [3.05, 3.63) is 0 Å². The number of rotatable bonds is 5. The summed E-state index contributed by atoms with van der Waals surface area (Å²) in [5, 5.41) is 11.6. The van der Waals surface area contributed by atoms with E-state index in [9.17, 15) is 22.8 Å². The Kier molecular flexibility index (Phi) is 6.53. The molecule has 0 aromatic carbocycles. The Balaban J connectivity index is 1.77. The number of aliphatic carboxylic acids is 1. The lowest BCUT2D eigenvalue weighted by Crippen LogP contribution is -2.40. The first-order valence-corrected chi connectivity index (χ1v) is 8.57. The van der Waals surface area contributed by atoms with Crippen molar-refractivity contribution < 1.29 is 32.6 Å². The topological polar surface area (TPSA) is 78.9 Å². The average Bonchev–Trinajstić information content (AvgIpc) is 3.01. The Morgan fingerprint density at radius 2 is 1.84 bits per heavy atom. The van der Waals surface area contributed by atoms with Gasteiger partial charge in [-0.3, -0.25) is 4.79 Å². The van der Waals surface area contributed by atoms with E-state index in [0.29, 0.717) is 18.6 Å². The molecule has 2 amide bonds. The van der Waals surface area contributed by atoms with Crippen LogP contribution in [0.3, 0.4) is 0 Å². The number of carboxylic acids is 1. The molecule has 1 aliphatic heterocycles. The zero-order valence-electron chi connectivity index (χ0n) is 14.2. The maximum absolute atomic E-state index is 12.9. The highest BCUT2D eigenvalue weighted by molar-refractivity contribution is 5.77. The van der Waals surface area contributed by atoms with Gasteiger partial charge in [0.05, 0.1) is 17.9 Å². The van der Waals surface area contributed by atoms with Crippen LogP contribution in [0.1, 0.15) is 32.1 Å². The zero-order chi connectivity index (χ0) is 18.6. The first-order valence-electron chi connectivity index (χ1n) is 8.57. The van der Waals surface area contributed by atoms with Crippen LogP contribution >= 0.6 is 0 Å². The number of carboxylic acid groups (broad SMARTS) is 1. The van der Waals surface area contributed by atoms with Gasteiger partial charge in [-0.05, 0) is 38.0 Å². The van der Waals surface area contributed by atoms with Crippen molar-refractivity contribution in [3.63, 3.8) is 0 Å². The number of urea groups is 1. The van der Waals surface area contributed by atoms with Crippen LogP contribution in [-0.2, 0) is 9.53 Å². The molecule has 1 aliphatic carbocycles. The van der Waals surface area contributed by atoms with Crippen LogP contribution in [0.5, 0.6) is 0 Å². The van der Waals surface area contributed by atoms with Gasteiger partial charge in [-0.15, -0.1) is 0 Å². The number of hydrogen-bond acceptors (Lipinski definition) is 3. The van der Waals surface area contributed by atoms with Gasteiger partial charge >= 0.3 is 18.2 Å². The molecule has 2 fully saturated rings. The Morgan fingerprint density at radius 1 is 1.20 bits per heavy atom. The minimum Gasteiger partial charge on any atom is -0.481 e. The second kappa shape index (κ2) is 8.25. The number of alkyl halides is 3. The number of nitrogens with one attached hydrogen (secondary N) is 1. The minimum absolute atomic E-state index is 0.294. The monoisotopic (exact) mass is 366 g/mol. The van der Waals surface area contributed by atoms with E-state index in [0.717, 1.165) is 37.0 Å². The Labute approximate surface area is 144 Å². The van der Waals surface area contributed by atoms with Crippen molar-refractivity contribution in [2.45, 2.75) is 44.4 Å². The summed E-state index contributed by atoms with van der Waals surface area (Å²) in [6, 6.07) is -0.622. The molecule has 0 spiro atoms. The second-order valence-electron chi connectivity index (χ2n) is 6.90. The van der Waals surface area contributed by atoms with E-state index in [-0.39, 0.29) is 0 Å². The number of carbonyl (C=O) groups is 2. The van der Waals surface area contributed by atoms with Gasteiger partial charge in [0.15, 0.2) is 0 Å². The fourth-order valence-electron chi connectivity index (χ4n) is 3.70. The molecule has 6 nitrogen and oxygen atoms in total. The third-order valence-electron chi connectivity index (χ3n) is 5.30. The van der Waals surface area contributed by atoms with Crippen molar-refractivity contribution >= 4 is 12.0 Å². The second-order valence-corrected chi connectivity index (χ2v) is 6.90. The fraction of sp³-hybridized carbons (Fsp3) is 0.875. The summed E-state index contributed by atoms with van der Waals surface area (Å²) in [5.74, 6) is -4.66. The molecule has 2 rings (SSSR count). The molecule has 0 aromatic heterocycles. The van der Waals surface area contributed by atoms with Gasteiger partial charge in [0.2, 0.25) is 0 Å². The van der Waals surface area contributed by atoms with Crippen LogP contribution in [0.2, 0.25) is 0 Å². The molecule has 0 unspecified atom stereocenters. The van der Waals surface area contributed by atoms with Crippen LogP contribution in [0.4, 0.5) is 18.0 Å². The van der Waals surface area contributed by atoms with Gasteiger partial charge in [0.1, 0.15) is 0 Å². The predicted molar refractivity (Wildman–Crippen MR) is 83.0 cm³/mol. The lowest BCUT2D eigenvalue weighted by Gasteiger charge is -2.27. The quantitative estimate of drug-likeness (QED) is 0.784. The number of amides is 2. The SMILES string of the molecule is COC1CCC(CCNC(=O)N2C[C@@H](C(F)(F)F)[C@H](C(=O)O)C2)CC1. The van der Waals surface area contributed by atoms with Crippen molar-refractivity contribution in [3.8, 4) is 0 Å². The summed E-state index contributed by atoms with van der Waals surface area (Å²) in [7, 11) is 1.69. The first-order chi connectivity index (χ1) is 11.7. The number of carbonyl (C=O) groups excluding carboxylic acids is 1. The van der Waals surface area contributed by atoms with Crippen LogP contribution in [0, 0.1) is 17.8 Å². The lowest BCUT2D eigenvalue weighted by atomic mass is 9.85. The largest absolute Gasteiger partial charge is 0.481 e. The van der Waals surface area contributed by atoms with E-state index in [2.05, 4.69) is 5.32 Å². The van der Waals surface area contributed by atoms with E-state index >= 15 is 0 Å². The number of methoxy groups -OCH3 is 1. The highest BCUT2D eigenvalue weighted by Crippen LogP contribution is 2.37. The molecule has 0 radical (unpaired) electrons. The first kappa shape index (κ1) is 19.8. The molecule has 2 N–H and O–H groups in total. The summed E-state index contributed by atoms with van der Waals surface area (Å²) in [6.07, 6.45) is 0.413. The fourth-order valence-corrected chi connectivity index (χ4v) is 3.70. The standard InChI is InChI=1S/C16H25F3N2O4/c1-25-11-4-2-10(3-5-11)6-7-20-15(24)21-8-12(14(22)23)13(9-21)16(17,18)19/h10-13H,2-9H2,1H3,(H,20,24)(H,22,23)/t10?,11?,12-,13-/m1/s1. The summed E-state index contributed by atoms with van der Waals surface area (Å²) < 4.78 is 44.1. The van der Waals surface area contributed by atoms with Gasteiger partial charge < -0.3 is 20.1 Å². The number of ether oxygens (including phenoxy) is 1. The molecule has 25 heavy (non-hydrogen) atoms. The molecule has 2 aliphatic rings. The van der Waals surface area contributed by atoms with Crippen molar-refractivity contribution in [2.75, 3.05) is 26.7 Å². The lowest BCUT2D eigenvalue weighted by molar-refractivity contribution is -0.187. The molecule has 0 bridgehead atoms. The third kappa shape index (κ3) is 5.23. The number of halogens is 3. The highest BCUT2D eigenvalue weighted by Gasteiger charge is 2.53. The van der Waals surface area contributed by atoms with Crippen molar-refractivity contribution in [1.82, 2.24) is 10.2 Å². The van der Waals surface area contributed by atoms with E-state index in [1.54, 1.807) is 7.11 Å². The van der Waals surface area contributed by atoms with Gasteiger partial charge in [-0.2, -0.15) is 13.2 Å². The Morgan fingerprint density at radius 3 is 2.32 bits per heavy atom. The molecular weight excluding hydrogens is 341 g/mol. The smallest absolute Gasteiger partial charge is 0.394 e. The molecule has 1 saturated heterocycles. The summed E-state index contributed by atoms with van der Waals surface area (Å²) in [5.41, 5.74) is 0. The van der Waals surface area contributed by atoms with Crippen LogP contribution in [0.25, 0.3) is 0 Å². The molecular formula is C16H25F3N2O4. The predicted octanol–water partition coefficient (Wildman–Crippen LogP) is 2.49. The van der Waals surface area contributed by atoms with E-state index < -0.39 is 43.1 Å². The maximum atomic E-state index is 12.9. The minimum atomic E-state index is -4.63. The highest BCUT2D eigenvalue weighted by atomic mass is 19.4. The van der Waals surface area contributed by atoms with Gasteiger partial charge in [-0.25, -0.2) is 4.79 Å². The summed E-state index contributed by atoms with van der Waals surface area (Å²) >= 11 is 0. The van der Waals surface area contributed by atoms with Gasteiger partial charge in [0, 0.05) is 26.7 Å². The maximum Gasteiger partial charge on any atom is 0.394 e. The van der Waals surface area contributed by atoms with Crippen LogP contribution in [0.15, 0.2) is 0 Å². The number of likely N-dealkylation sites (tertiary alicyclic amines) is 1. The van der Waals surface area contributed by atoms with E-state index in [1.807, 2.05) is 0 Å². The normalized spacial score (nSPS) is 30.3. The molecule has 144 valence electrons. The van der Waals surface area contributed by atoms with E-state index in [4.69, 9.17) is 9.84 Å². The average molecular weight is 366 g/mol. The van der Waals surface area contributed by atoms with Crippen molar-refractivity contribution in [2.24, 2.45) is 17.8 Å². The Bertz CT molecular complexity index is 478. The molecule has 0 aromatic rings. The zero-order valence-corrected chi connectivity index (χ0v) is 14.2. The Hall–Kier alpha value is -1.51. The van der Waals surface area contributed by atoms with Crippen LogP contribution in [-0.4, -0.2) is 61.0 Å². The summed E-state index contributed by atoms with van der Waals surface area (Å²) in [6.45, 7) is -0.637. The van der Waals surface area contributed by atoms with Gasteiger partial charge in [0.25, 0.3) is 0 Å². The number of nitrogens with zero attached hydrogens (tertiary/aromatic N) is 1. The van der Waals surface area contributed by atoms with Gasteiger partial charge in [-0.1, -0.05) is 0 Å². The van der Waals surface area contributed by atoms with Crippen molar-refractivity contribution in [1.29, 1.82) is 0 Å². The number of hydrogen-bond donors (Lipinski definition) is 2. The third-order valence-corrected chi connectivity index (χ3v) is 5.30. The molecule has 1 heterocycles.